The van der Waals surface area contributed by atoms with Crippen LogP contribution in [-0.2, 0) is 31.6 Å². The predicted molar refractivity (Wildman–Crippen MR) is 95.2 cm³/mol. The number of nitrogens with zero attached hydrogens (tertiary/aromatic N) is 1. The Balaban J connectivity index is 2.21. The fourth-order valence-electron chi connectivity index (χ4n) is 2.57. The lowest BCUT2D eigenvalue weighted by molar-refractivity contribution is -0.211. The molecular formula is C10H14F3N2O13P3S. The van der Waals surface area contributed by atoms with Gasteiger partial charge < -0.3 is 29.4 Å². The van der Waals surface area contributed by atoms with Crippen LogP contribution in [0.15, 0.2) is 17.1 Å². The van der Waals surface area contributed by atoms with E-state index >= 15 is 0 Å². The lowest BCUT2D eigenvalue weighted by Crippen LogP contribution is -2.39. The second-order valence-electron chi connectivity index (χ2n) is 6.03. The molecule has 6 N–H and O–H groups in total. The van der Waals surface area contributed by atoms with E-state index in [2.05, 4.69) is 13.1 Å². The van der Waals surface area contributed by atoms with Crippen LogP contribution in [0.3, 0.4) is 0 Å². The van der Waals surface area contributed by atoms with Gasteiger partial charge in [0.25, 0.3) is 5.56 Å². The summed E-state index contributed by atoms with van der Waals surface area (Å²) >= 11 is 4.76. The number of phosphoric ester groups is 1. The van der Waals surface area contributed by atoms with Crippen molar-refractivity contribution in [3.05, 3.63) is 27.4 Å². The van der Waals surface area contributed by atoms with Gasteiger partial charge in [-0.25, -0.2) is 13.7 Å². The van der Waals surface area contributed by atoms with Crippen molar-refractivity contribution in [2.45, 2.75) is 24.6 Å². The molecule has 3 unspecified atom stereocenters. The summed E-state index contributed by atoms with van der Waals surface area (Å²) in [6.07, 6.45) is -10.7. The molecule has 0 spiro atoms. The van der Waals surface area contributed by atoms with E-state index in [0.717, 1.165) is 12.3 Å². The van der Waals surface area contributed by atoms with Crippen molar-refractivity contribution in [2.75, 3.05) is 6.61 Å². The minimum atomic E-state index is -5.86. The van der Waals surface area contributed by atoms with E-state index in [-0.39, 0.29) is 0 Å². The predicted octanol–water partition coefficient (Wildman–Crippen LogP) is 0.686. The van der Waals surface area contributed by atoms with Gasteiger partial charge in [0.05, 0.1) is 12.7 Å². The van der Waals surface area contributed by atoms with Crippen molar-refractivity contribution >= 4 is 35.7 Å². The van der Waals surface area contributed by atoms with Crippen LogP contribution in [0.5, 0.6) is 0 Å². The number of alkyl halides is 3. The zero-order valence-corrected chi connectivity index (χ0v) is 18.5. The monoisotopic (exact) mass is 552 g/mol. The molecule has 32 heavy (non-hydrogen) atoms. The van der Waals surface area contributed by atoms with Crippen molar-refractivity contribution < 1.29 is 69.4 Å². The first kappa shape index (κ1) is 27.5. The number of aromatic nitrogens is 2. The Kier molecular flexibility index (Phi) is 8.12. The zero-order valence-electron chi connectivity index (χ0n) is 15.0. The SMILES string of the molecule is O=c1ccn([C@@H]2O[C@H](COP(=O)(O)OP(=O)(O)OP(=O)(O)O)C(O)[C@@H]2C(F)(F)F)c(=S)[nH]1. The van der Waals surface area contributed by atoms with Crippen molar-refractivity contribution in [3.8, 4) is 0 Å². The highest BCUT2D eigenvalue weighted by molar-refractivity contribution is 7.71. The number of hydrogen-bond acceptors (Lipinski definition) is 10. The molecule has 1 aromatic rings. The van der Waals surface area contributed by atoms with E-state index < -0.39 is 70.9 Å². The Hall–Kier alpha value is -0.780. The van der Waals surface area contributed by atoms with Crippen molar-refractivity contribution in [3.63, 3.8) is 0 Å². The second kappa shape index (κ2) is 9.46. The molecular weight excluding hydrogens is 538 g/mol. The van der Waals surface area contributed by atoms with Gasteiger partial charge in [0.1, 0.15) is 12.0 Å². The highest BCUT2D eigenvalue weighted by atomic mass is 32.1. The number of aromatic amines is 1. The van der Waals surface area contributed by atoms with Gasteiger partial charge in [-0.2, -0.15) is 21.8 Å². The molecule has 6 atom stereocenters. The molecule has 2 rings (SSSR count). The number of aliphatic hydroxyl groups is 1. The molecule has 1 aliphatic rings. The number of phosphoric acid groups is 3. The Bertz CT molecular complexity index is 1100. The van der Waals surface area contributed by atoms with E-state index in [1.54, 1.807) is 0 Å². The topological polar surface area (TPSA) is 227 Å². The lowest BCUT2D eigenvalue weighted by Gasteiger charge is -2.24. The molecule has 2 heterocycles. The normalized spacial score (nSPS) is 28.2. The Morgan fingerprint density at radius 2 is 1.75 bits per heavy atom. The maximum Gasteiger partial charge on any atom is 0.490 e. The third kappa shape index (κ3) is 7.36. The van der Waals surface area contributed by atoms with Crippen LogP contribution >= 0.6 is 35.7 Å². The smallest absolute Gasteiger partial charge is 0.389 e. The first-order valence-corrected chi connectivity index (χ1v) is 12.7. The van der Waals surface area contributed by atoms with Crippen LogP contribution in [0.4, 0.5) is 13.2 Å². The van der Waals surface area contributed by atoms with E-state index in [4.69, 9.17) is 31.6 Å². The first-order valence-electron chi connectivity index (χ1n) is 7.81. The van der Waals surface area contributed by atoms with Crippen LogP contribution in [0.1, 0.15) is 6.23 Å². The van der Waals surface area contributed by atoms with Gasteiger partial charge in [-0.1, -0.05) is 0 Å². The molecule has 0 aromatic carbocycles. The van der Waals surface area contributed by atoms with Gasteiger partial charge in [0, 0.05) is 12.3 Å². The van der Waals surface area contributed by atoms with Crippen molar-refractivity contribution in [1.82, 2.24) is 9.55 Å². The number of H-pyrrole nitrogens is 1. The summed E-state index contributed by atoms with van der Waals surface area (Å²) < 4.78 is 90.4. The molecule has 0 bridgehead atoms. The molecule has 0 saturated carbocycles. The van der Waals surface area contributed by atoms with Gasteiger partial charge in [-0.3, -0.25) is 18.9 Å². The standard InChI is InChI=1S/C10H14F3N2O13P3S/c11-10(12,13)6-7(17)4(26-8(6)15-2-1-5(16)14-9(15)32)3-25-30(21,22)28-31(23,24)27-29(18,19)20/h1-2,4,6-8,17H,3H2,(H,21,22)(H,23,24)(H,14,16,32)(H2,18,19,20)/t4-,6+,7?,8-/m1/s1. The average molecular weight is 552 g/mol. The maximum atomic E-state index is 13.5. The summed E-state index contributed by atoms with van der Waals surface area (Å²) in [5, 5.41) is 10.1. The quantitative estimate of drug-likeness (QED) is 0.193. The van der Waals surface area contributed by atoms with E-state index in [1.807, 2.05) is 4.98 Å². The van der Waals surface area contributed by atoms with Crippen LogP contribution < -0.4 is 5.56 Å². The molecule has 1 aromatic heterocycles. The number of rotatable bonds is 8. The third-order valence-electron chi connectivity index (χ3n) is 3.69. The largest absolute Gasteiger partial charge is 0.490 e. The number of hydrogen-bond donors (Lipinski definition) is 6. The number of ether oxygens (including phenoxy) is 1. The molecule has 0 radical (unpaired) electrons. The van der Waals surface area contributed by atoms with Gasteiger partial charge in [-0.05, 0) is 12.2 Å². The molecule has 0 aliphatic carbocycles. The molecule has 1 fully saturated rings. The van der Waals surface area contributed by atoms with Crippen LogP contribution in [0.25, 0.3) is 0 Å². The molecule has 0 amide bonds. The van der Waals surface area contributed by atoms with Gasteiger partial charge in [0.2, 0.25) is 0 Å². The second-order valence-corrected chi connectivity index (χ2v) is 10.8. The van der Waals surface area contributed by atoms with Gasteiger partial charge in [-0.15, -0.1) is 0 Å². The average Bonchev–Trinajstić information content (AvgIpc) is 2.86. The first-order chi connectivity index (χ1) is 14.3. The minimum absolute atomic E-state index is 0.502. The fraction of sp³-hybridized carbons (Fsp3) is 0.600. The van der Waals surface area contributed by atoms with Crippen molar-refractivity contribution in [1.29, 1.82) is 0 Å². The highest BCUT2D eigenvalue weighted by Crippen LogP contribution is 2.66. The Morgan fingerprint density at radius 3 is 2.25 bits per heavy atom. The Labute approximate surface area is 179 Å². The lowest BCUT2D eigenvalue weighted by atomic mass is 9.99. The molecule has 1 aliphatic heterocycles. The summed E-state index contributed by atoms with van der Waals surface area (Å²) in [6.45, 7) is -1.33. The summed E-state index contributed by atoms with van der Waals surface area (Å²) in [5.41, 5.74) is -0.738. The molecule has 184 valence electrons. The van der Waals surface area contributed by atoms with Crippen LogP contribution in [0.2, 0.25) is 0 Å². The van der Waals surface area contributed by atoms with E-state index in [9.17, 15) is 41.7 Å². The zero-order chi connectivity index (χ0) is 24.7. The third-order valence-corrected chi connectivity index (χ3v) is 7.81. The summed E-state index contributed by atoms with van der Waals surface area (Å²) in [6, 6.07) is 0.818. The highest BCUT2D eigenvalue weighted by Gasteiger charge is 2.58. The Morgan fingerprint density at radius 1 is 1.16 bits per heavy atom. The number of nitrogens with one attached hydrogen (secondary N) is 1. The van der Waals surface area contributed by atoms with E-state index in [1.165, 1.54) is 0 Å². The minimum Gasteiger partial charge on any atom is -0.389 e. The number of aliphatic hydroxyl groups excluding tert-OH is 1. The fourth-order valence-corrected chi connectivity index (χ4v) is 5.87. The van der Waals surface area contributed by atoms with Gasteiger partial charge >= 0.3 is 29.6 Å². The maximum absolute atomic E-state index is 13.5. The summed E-state index contributed by atoms with van der Waals surface area (Å²) in [4.78, 5) is 48.6. The van der Waals surface area contributed by atoms with E-state index in [0.29, 0.717) is 4.57 Å². The molecule has 1 saturated heterocycles. The molecule has 15 nitrogen and oxygen atoms in total. The van der Waals surface area contributed by atoms with Crippen molar-refractivity contribution in [2.24, 2.45) is 5.92 Å². The number of halogens is 3. The van der Waals surface area contributed by atoms with Crippen LogP contribution in [0, 0.1) is 10.7 Å². The van der Waals surface area contributed by atoms with Crippen LogP contribution in [-0.4, -0.2) is 59.2 Å². The molecule has 22 heteroatoms. The summed E-state index contributed by atoms with van der Waals surface area (Å²) in [5.74, 6) is -2.66. The van der Waals surface area contributed by atoms with Gasteiger partial charge in [0.15, 0.2) is 11.0 Å². The summed E-state index contributed by atoms with van der Waals surface area (Å²) in [7, 11) is -17.2.